The van der Waals surface area contributed by atoms with Crippen LogP contribution in [0.15, 0.2) is 0 Å². The number of nitrogens with zero attached hydrogens (tertiary/aromatic N) is 1. The second-order valence-electron chi connectivity index (χ2n) is 4.70. The van der Waals surface area contributed by atoms with Crippen molar-refractivity contribution in [3.63, 3.8) is 0 Å². The number of alkyl halides is 1. The Morgan fingerprint density at radius 3 is 2.67 bits per heavy atom. The van der Waals surface area contributed by atoms with Gasteiger partial charge in [-0.05, 0) is 33.1 Å². The summed E-state index contributed by atoms with van der Waals surface area (Å²) in [5.74, 6) is 0.488. The van der Waals surface area contributed by atoms with Crippen LogP contribution in [-0.2, 0) is 9.53 Å². The molecule has 15 heavy (non-hydrogen) atoms. The lowest BCUT2D eigenvalue weighted by molar-refractivity contribution is -0.149. The van der Waals surface area contributed by atoms with Crippen molar-refractivity contribution < 1.29 is 9.53 Å². The van der Waals surface area contributed by atoms with Crippen LogP contribution in [0.5, 0.6) is 0 Å². The average Bonchev–Trinajstić information content (AvgIpc) is 2.28. The van der Waals surface area contributed by atoms with Crippen molar-refractivity contribution in [2.75, 3.05) is 19.5 Å². The van der Waals surface area contributed by atoms with Gasteiger partial charge in [-0.3, -0.25) is 4.79 Å². The molecule has 0 saturated carbocycles. The fraction of sp³-hybridized carbons (Fsp3) is 0.909. The molecule has 1 heterocycles. The Labute approximate surface area is 96.7 Å². The van der Waals surface area contributed by atoms with Crippen LogP contribution in [0.4, 0.5) is 0 Å². The minimum Gasteiger partial charge on any atom is -0.368 e. The number of halogens is 1. The molecule has 0 aromatic heterocycles. The molecule has 0 radical (unpaired) electrons. The third-order valence-corrected chi connectivity index (χ3v) is 3.67. The van der Waals surface area contributed by atoms with E-state index in [9.17, 15) is 4.79 Å². The Bertz CT molecular complexity index is 225. The number of carbonyl (C=O) groups is 1. The van der Waals surface area contributed by atoms with Gasteiger partial charge in [0.25, 0.3) is 5.91 Å². The van der Waals surface area contributed by atoms with E-state index in [0.717, 1.165) is 19.3 Å². The number of ether oxygens (including phenoxy) is 1. The fourth-order valence-corrected chi connectivity index (χ4v) is 1.72. The number of likely N-dealkylation sites (N-methyl/N-ethyl adjacent to an activating group) is 1. The standard InChI is InChI=1S/C11H20ClNO2/c1-11(2,8-12)13(3)10(14)9-6-4-5-7-15-9/h9H,4-8H2,1-3H3. The van der Waals surface area contributed by atoms with E-state index in [1.54, 1.807) is 11.9 Å². The summed E-state index contributed by atoms with van der Waals surface area (Å²) in [6, 6.07) is 0. The lowest BCUT2D eigenvalue weighted by Crippen LogP contribution is -2.51. The Hall–Kier alpha value is -0.280. The highest BCUT2D eigenvalue weighted by Gasteiger charge is 2.32. The molecule has 0 aromatic carbocycles. The third-order valence-electron chi connectivity index (χ3n) is 3.02. The van der Waals surface area contributed by atoms with Crippen LogP contribution in [0.25, 0.3) is 0 Å². The summed E-state index contributed by atoms with van der Waals surface area (Å²) in [5.41, 5.74) is -0.306. The number of hydrogen-bond donors (Lipinski definition) is 0. The van der Waals surface area contributed by atoms with E-state index in [1.807, 2.05) is 13.8 Å². The molecule has 88 valence electrons. The Morgan fingerprint density at radius 2 is 2.20 bits per heavy atom. The van der Waals surface area contributed by atoms with E-state index in [-0.39, 0.29) is 17.6 Å². The molecule has 1 aliphatic rings. The summed E-state index contributed by atoms with van der Waals surface area (Å²) in [6.07, 6.45) is 2.71. The second kappa shape index (κ2) is 5.17. The second-order valence-corrected chi connectivity index (χ2v) is 4.97. The van der Waals surface area contributed by atoms with Crippen molar-refractivity contribution >= 4 is 17.5 Å². The van der Waals surface area contributed by atoms with Gasteiger partial charge in [0.2, 0.25) is 0 Å². The van der Waals surface area contributed by atoms with Gasteiger partial charge < -0.3 is 9.64 Å². The largest absolute Gasteiger partial charge is 0.368 e. The molecule has 0 aromatic rings. The van der Waals surface area contributed by atoms with Crippen molar-refractivity contribution in [2.45, 2.75) is 44.8 Å². The molecule has 4 heteroatoms. The van der Waals surface area contributed by atoms with Gasteiger partial charge in [-0.25, -0.2) is 0 Å². The third kappa shape index (κ3) is 3.08. The van der Waals surface area contributed by atoms with Crippen LogP contribution in [0, 0.1) is 0 Å². The van der Waals surface area contributed by atoms with E-state index < -0.39 is 0 Å². The van der Waals surface area contributed by atoms with Gasteiger partial charge in [-0.2, -0.15) is 0 Å². The van der Waals surface area contributed by atoms with Gasteiger partial charge in [0.05, 0.1) is 5.54 Å². The first kappa shape index (κ1) is 12.8. The highest BCUT2D eigenvalue weighted by atomic mass is 35.5. The average molecular weight is 234 g/mol. The fourth-order valence-electron chi connectivity index (χ4n) is 1.54. The molecule has 1 fully saturated rings. The summed E-state index contributed by atoms with van der Waals surface area (Å²) in [5, 5.41) is 0. The zero-order chi connectivity index (χ0) is 11.5. The van der Waals surface area contributed by atoms with Crippen LogP contribution < -0.4 is 0 Å². The molecular weight excluding hydrogens is 214 g/mol. The van der Waals surface area contributed by atoms with Crippen molar-refractivity contribution in [1.29, 1.82) is 0 Å². The first-order valence-corrected chi connectivity index (χ1v) is 5.98. The molecule has 1 saturated heterocycles. The number of hydrogen-bond acceptors (Lipinski definition) is 2. The van der Waals surface area contributed by atoms with E-state index in [2.05, 4.69) is 0 Å². The summed E-state index contributed by atoms with van der Waals surface area (Å²) in [4.78, 5) is 13.8. The van der Waals surface area contributed by atoms with Gasteiger partial charge in [0.15, 0.2) is 0 Å². The van der Waals surface area contributed by atoms with Gasteiger partial charge in [0, 0.05) is 19.5 Å². The van der Waals surface area contributed by atoms with Crippen molar-refractivity contribution in [1.82, 2.24) is 4.90 Å². The summed E-state index contributed by atoms with van der Waals surface area (Å²) in [7, 11) is 1.79. The van der Waals surface area contributed by atoms with Gasteiger partial charge in [-0.1, -0.05) is 0 Å². The van der Waals surface area contributed by atoms with Gasteiger partial charge in [-0.15, -0.1) is 11.6 Å². The van der Waals surface area contributed by atoms with Crippen LogP contribution in [-0.4, -0.2) is 42.0 Å². The number of amides is 1. The van der Waals surface area contributed by atoms with Crippen molar-refractivity contribution in [2.24, 2.45) is 0 Å². The molecule has 1 rings (SSSR count). The van der Waals surface area contributed by atoms with E-state index in [4.69, 9.17) is 16.3 Å². The molecule has 1 atom stereocenters. The zero-order valence-electron chi connectivity index (χ0n) is 9.75. The zero-order valence-corrected chi connectivity index (χ0v) is 10.5. The highest BCUT2D eigenvalue weighted by molar-refractivity contribution is 6.18. The minimum atomic E-state index is -0.306. The molecule has 0 spiro atoms. The lowest BCUT2D eigenvalue weighted by atomic mass is 10.0. The summed E-state index contributed by atoms with van der Waals surface area (Å²) < 4.78 is 5.47. The summed E-state index contributed by atoms with van der Waals surface area (Å²) >= 11 is 5.84. The maximum atomic E-state index is 12.0. The smallest absolute Gasteiger partial charge is 0.251 e. The van der Waals surface area contributed by atoms with E-state index in [0.29, 0.717) is 12.5 Å². The Kier molecular flexibility index (Phi) is 4.41. The lowest BCUT2D eigenvalue weighted by Gasteiger charge is -2.37. The Balaban J connectivity index is 2.58. The maximum Gasteiger partial charge on any atom is 0.251 e. The van der Waals surface area contributed by atoms with Crippen LogP contribution in [0.3, 0.4) is 0 Å². The van der Waals surface area contributed by atoms with Crippen LogP contribution in [0.2, 0.25) is 0 Å². The van der Waals surface area contributed by atoms with Crippen molar-refractivity contribution in [3.8, 4) is 0 Å². The van der Waals surface area contributed by atoms with Gasteiger partial charge in [0.1, 0.15) is 6.10 Å². The van der Waals surface area contributed by atoms with E-state index in [1.165, 1.54) is 0 Å². The first-order valence-electron chi connectivity index (χ1n) is 5.44. The highest BCUT2D eigenvalue weighted by Crippen LogP contribution is 2.20. The number of rotatable bonds is 3. The monoisotopic (exact) mass is 233 g/mol. The topological polar surface area (TPSA) is 29.5 Å². The molecule has 0 aliphatic carbocycles. The van der Waals surface area contributed by atoms with Crippen LogP contribution >= 0.6 is 11.6 Å². The van der Waals surface area contributed by atoms with Gasteiger partial charge >= 0.3 is 0 Å². The normalized spacial score (nSPS) is 22.5. The molecule has 3 nitrogen and oxygen atoms in total. The maximum absolute atomic E-state index is 12.0. The molecule has 1 unspecified atom stereocenters. The molecule has 0 N–H and O–H groups in total. The molecular formula is C11H20ClNO2. The Morgan fingerprint density at radius 1 is 1.53 bits per heavy atom. The van der Waals surface area contributed by atoms with Crippen molar-refractivity contribution in [3.05, 3.63) is 0 Å². The predicted molar refractivity (Wildman–Crippen MR) is 61.2 cm³/mol. The predicted octanol–water partition coefficient (Wildman–Crippen LogP) is 2.03. The molecule has 1 aliphatic heterocycles. The molecule has 0 bridgehead atoms. The van der Waals surface area contributed by atoms with Crippen LogP contribution in [0.1, 0.15) is 33.1 Å². The quantitative estimate of drug-likeness (QED) is 0.699. The minimum absolute atomic E-state index is 0.0559. The SMILES string of the molecule is CN(C(=O)C1CCCCO1)C(C)(C)CCl. The summed E-state index contributed by atoms with van der Waals surface area (Å²) in [6.45, 7) is 4.62. The van der Waals surface area contributed by atoms with E-state index >= 15 is 0 Å². The molecule has 1 amide bonds. The first-order chi connectivity index (χ1) is 6.99. The number of carbonyl (C=O) groups excluding carboxylic acids is 1.